The van der Waals surface area contributed by atoms with Crippen molar-refractivity contribution in [1.29, 1.82) is 0 Å². The van der Waals surface area contributed by atoms with E-state index >= 15 is 0 Å². The van der Waals surface area contributed by atoms with Gasteiger partial charge in [0.25, 0.3) is 5.56 Å². The molecular weight excluding hydrogens is 250 g/mol. The first kappa shape index (κ1) is 13.8. The first-order chi connectivity index (χ1) is 9.69. The number of nitrogens with zero attached hydrogens (tertiary/aromatic N) is 3. The Morgan fingerprint density at radius 2 is 2.00 bits per heavy atom. The van der Waals surface area contributed by atoms with Crippen molar-refractivity contribution in [3.05, 3.63) is 27.4 Å². The van der Waals surface area contributed by atoms with Gasteiger partial charge in [-0.1, -0.05) is 13.3 Å². The summed E-state index contributed by atoms with van der Waals surface area (Å²) in [6, 6.07) is 0. The molecule has 1 aromatic rings. The van der Waals surface area contributed by atoms with Gasteiger partial charge in [-0.3, -0.25) is 9.36 Å². The van der Waals surface area contributed by atoms with E-state index in [1.807, 2.05) is 7.05 Å². The maximum atomic E-state index is 12.4. The molecule has 0 N–H and O–H groups in total. The van der Waals surface area contributed by atoms with Crippen molar-refractivity contribution in [3.8, 4) is 0 Å². The number of aryl methyl sites for hydroxylation is 1. The van der Waals surface area contributed by atoms with E-state index in [-0.39, 0.29) is 5.56 Å². The normalized spacial score (nSPS) is 20.3. The predicted molar refractivity (Wildman–Crippen MR) is 80.0 cm³/mol. The second-order valence-corrected chi connectivity index (χ2v) is 6.27. The average Bonchev–Trinajstić information content (AvgIpc) is 2.60. The summed E-state index contributed by atoms with van der Waals surface area (Å²) >= 11 is 0. The minimum absolute atomic E-state index is 0.178. The van der Waals surface area contributed by atoms with Crippen LogP contribution in [0.4, 0.5) is 0 Å². The van der Waals surface area contributed by atoms with Gasteiger partial charge in [-0.2, -0.15) is 0 Å². The third kappa shape index (κ3) is 2.53. The van der Waals surface area contributed by atoms with Gasteiger partial charge in [-0.15, -0.1) is 0 Å². The monoisotopic (exact) mass is 275 g/mol. The van der Waals surface area contributed by atoms with E-state index in [0.29, 0.717) is 0 Å². The highest BCUT2D eigenvalue weighted by Crippen LogP contribution is 2.27. The minimum Gasteiger partial charge on any atom is -0.302 e. The van der Waals surface area contributed by atoms with Crippen LogP contribution >= 0.6 is 0 Å². The maximum absolute atomic E-state index is 12.4. The van der Waals surface area contributed by atoms with Crippen molar-refractivity contribution in [2.24, 2.45) is 13.0 Å². The van der Waals surface area contributed by atoms with Crippen LogP contribution in [0.1, 0.15) is 43.3 Å². The molecule has 1 aromatic heterocycles. The zero-order chi connectivity index (χ0) is 14.1. The number of aromatic nitrogens is 2. The molecule has 0 atom stereocenters. The molecule has 110 valence electrons. The predicted octanol–water partition coefficient (Wildman–Crippen LogP) is 1.54. The van der Waals surface area contributed by atoms with E-state index in [1.54, 1.807) is 4.57 Å². The molecule has 1 fully saturated rings. The van der Waals surface area contributed by atoms with Gasteiger partial charge >= 0.3 is 0 Å². The smallest absolute Gasteiger partial charge is 0.256 e. The van der Waals surface area contributed by atoms with Crippen molar-refractivity contribution in [2.75, 3.05) is 19.6 Å². The van der Waals surface area contributed by atoms with Crippen molar-refractivity contribution in [1.82, 2.24) is 14.5 Å². The van der Waals surface area contributed by atoms with Crippen LogP contribution in [0.2, 0.25) is 0 Å². The molecule has 0 amide bonds. The summed E-state index contributed by atoms with van der Waals surface area (Å²) in [5.41, 5.74) is 2.19. The summed E-state index contributed by atoms with van der Waals surface area (Å²) in [6.45, 7) is 5.36. The molecule has 20 heavy (non-hydrogen) atoms. The van der Waals surface area contributed by atoms with Crippen molar-refractivity contribution < 1.29 is 0 Å². The van der Waals surface area contributed by atoms with Gasteiger partial charge in [0.2, 0.25) is 0 Å². The number of fused-ring (bicyclic) bond motifs is 1. The molecule has 4 heteroatoms. The molecule has 0 spiro atoms. The fraction of sp³-hybridized carbons (Fsp3) is 0.750. The van der Waals surface area contributed by atoms with E-state index in [1.165, 1.54) is 25.8 Å². The van der Waals surface area contributed by atoms with Gasteiger partial charge in [0.05, 0.1) is 5.69 Å². The van der Waals surface area contributed by atoms with Crippen LogP contribution in [-0.4, -0.2) is 34.1 Å². The summed E-state index contributed by atoms with van der Waals surface area (Å²) in [5.74, 6) is 1.82. The fourth-order valence-corrected chi connectivity index (χ4v) is 3.38. The van der Waals surface area contributed by atoms with Crippen LogP contribution in [0, 0.1) is 5.92 Å². The highest BCUT2D eigenvalue weighted by Gasteiger charge is 2.24. The zero-order valence-electron chi connectivity index (χ0n) is 12.7. The molecule has 3 rings (SSSR count). The van der Waals surface area contributed by atoms with E-state index < -0.39 is 0 Å². The highest BCUT2D eigenvalue weighted by molar-refractivity contribution is 5.21. The second-order valence-electron chi connectivity index (χ2n) is 6.27. The summed E-state index contributed by atoms with van der Waals surface area (Å²) in [6.07, 6.45) is 6.81. The lowest BCUT2D eigenvalue weighted by Gasteiger charge is -2.31. The van der Waals surface area contributed by atoms with Crippen LogP contribution in [-0.2, 0) is 26.3 Å². The van der Waals surface area contributed by atoms with Crippen molar-refractivity contribution in [2.45, 2.75) is 45.4 Å². The highest BCUT2D eigenvalue weighted by atomic mass is 16.1. The number of rotatable bonds is 3. The van der Waals surface area contributed by atoms with Crippen LogP contribution in [0.15, 0.2) is 4.79 Å². The Bertz CT molecular complexity index is 545. The molecular formula is C16H25N3O. The molecule has 1 aliphatic carbocycles. The Hall–Kier alpha value is -1.16. The Kier molecular flexibility index (Phi) is 3.92. The topological polar surface area (TPSA) is 38.1 Å². The molecule has 0 radical (unpaired) electrons. The third-order valence-electron chi connectivity index (χ3n) is 4.96. The molecule has 0 unspecified atom stereocenters. The van der Waals surface area contributed by atoms with Gasteiger partial charge in [0, 0.05) is 45.1 Å². The van der Waals surface area contributed by atoms with E-state index in [0.717, 1.165) is 55.4 Å². The Morgan fingerprint density at radius 3 is 2.65 bits per heavy atom. The van der Waals surface area contributed by atoms with Crippen LogP contribution in [0.3, 0.4) is 0 Å². The van der Waals surface area contributed by atoms with Gasteiger partial charge in [-0.05, 0) is 25.2 Å². The first-order valence-corrected chi connectivity index (χ1v) is 7.99. The number of hydrogen-bond acceptors (Lipinski definition) is 3. The Balaban J connectivity index is 1.79. The van der Waals surface area contributed by atoms with Gasteiger partial charge in [0.1, 0.15) is 5.82 Å². The van der Waals surface area contributed by atoms with Crippen molar-refractivity contribution in [3.63, 3.8) is 0 Å². The van der Waals surface area contributed by atoms with E-state index in [2.05, 4.69) is 11.8 Å². The minimum atomic E-state index is 0.178. The summed E-state index contributed by atoms with van der Waals surface area (Å²) < 4.78 is 1.74. The van der Waals surface area contributed by atoms with Crippen molar-refractivity contribution >= 4 is 0 Å². The summed E-state index contributed by atoms with van der Waals surface area (Å²) in [5, 5.41) is 0. The zero-order valence-corrected chi connectivity index (χ0v) is 12.7. The molecule has 2 heterocycles. The summed E-state index contributed by atoms with van der Waals surface area (Å²) in [7, 11) is 1.85. The van der Waals surface area contributed by atoms with Crippen LogP contribution < -0.4 is 5.56 Å². The quantitative estimate of drug-likeness (QED) is 0.840. The first-order valence-electron chi connectivity index (χ1n) is 7.99. The standard InChI is InChI=1S/C16H25N3O/c1-3-15-17-14-8-10-19(11-12-5-4-6-12)9-7-13(14)16(20)18(15)2/h12H,3-11H2,1-2H3. The van der Waals surface area contributed by atoms with E-state index in [4.69, 9.17) is 4.98 Å². The molecule has 1 aliphatic heterocycles. The fourth-order valence-electron chi connectivity index (χ4n) is 3.38. The third-order valence-corrected chi connectivity index (χ3v) is 4.96. The molecule has 1 saturated carbocycles. The number of hydrogen-bond donors (Lipinski definition) is 0. The molecule has 2 aliphatic rings. The second kappa shape index (κ2) is 5.68. The SMILES string of the molecule is CCc1nc2c(c(=O)n1C)CCN(CC1CCC1)CC2. The molecule has 0 saturated heterocycles. The van der Waals surface area contributed by atoms with Crippen LogP contribution in [0.25, 0.3) is 0 Å². The van der Waals surface area contributed by atoms with Crippen LogP contribution in [0.5, 0.6) is 0 Å². The average molecular weight is 275 g/mol. The molecule has 0 bridgehead atoms. The Labute approximate surface area is 120 Å². The lowest BCUT2D eigenvalue weighted by atomic mass is 9.85. The molecule has 4 nitrogen and oxygen atoms in total. The largest absolute Gasteiger partial charge is 0.302 e. The van der Waals surface area contributed by atoms with E-state index in [9.17, 15) is 4.79 Å². The molecule has 0 aromatic carbocycles. The maximum Gasteiger partial charge on any atom is 0.256 e. The summed E-state index contributed by atoms with van der Waals surface area (Å²) in [4.78, 5) is 19.7. The van der Waals surface area contributed by atoms with Gasteiger partial charge in [0.15, 0.2) is 0 Å². The lowest BCUT2D eigenvalue weighted by molar-refractivity contribution is 0.183. The lowest BCUT2D eigenvalue weighted by Crippen LogP contribution is -2.34. The van der Waals surface area contributed by atoms with Gasteiger partial charge in [-0.25, -0.2) is 4.98 Å². The van der Waals surface area contributed by atoms with Gasteiger partial charge < -0.3 is 4.90 Å². The Morgan fingerprint density at radius 1 is 1.25 bits per heavy atom.